The minimum atomic E-state index is 0.401. The summed E-state index contributed by atoms with van der Waals surface area (Å²) < 4.78 is 18.4. The van der Waals surface area contributed by atoms with Crippen LogP contribution in [0.5, 0.6) is 17.2 Å². The van der Waals surface area contributed by atoms with Crippen LogP contribution >= 0.6 is 12.2 Å². The molecule has 0 spiro atoms. The third kappa shape index (κ3) is 4.40. The molecule has 0 aliphatic heterocycles. The maximum Gasteiger partial charge on any atom is 0.216 e. The lowest BCUT2D eigenvalue weighted by molar-refractivity contribution is 0.311. The number of hydrogen-bond donors (Lipinski definition) is 1. The van der Waals surface area contributed by atoms with Crippen LogP contribution in [-0.2, 0) is 0 Å². The zero-order chi connectivity index (χ0) is 19.9. The van der Waals surface area contributed by atoms with Crippen molar-refractivity contribution in [1.29, 1.82) is 0 Å². The van der Waals surface area contributed by atoms with E-state index in [2.05, 4.69) is 15.3 Å². The molecule has 0 aliphatic rings. The van der Waals surface area contributed by atoms with Gasteiger partial charge in [0.25, 0.3) is 0 Å². The van der Waals surface area contributed by atoms with E-state index in [0.29, 0.717) is 35.3 Å². The summed E-state index contributed by atoms with van der Waals surface area (Å²) in [5.41, 5.74) is 1.72. The highest BCUT2D eigenvalue weighted by Gasteiger charge is 2.09. The van der Waals surface area contributed by atoms with Crippen LogP contribution in [0.1, 0.15) is 19.4 Å². The van der Waals surface area contributed by atoms with Gasteiger partial charge in [0.1, 0.15) is 5.75 Å². The predicted octanol–water partition coefficient (Wildman–Crippen LogP) is 4.30. The van der Waals surface area contributed by atoms with Crippen LogP contribution < -0.4 is 14.2 Å². The third-order valence-corrected chi connectivity index (χ3v) is 4.15. The van der Waals surface area contributed by atoms with E-state index in [-0.39, 0.29) is 0 Å². The number of methoxy groups -OCH3 is 1. The van der Waals surface area contributed by atoms with E-state index in [1.165, 1.54) is 0 Å². The van der Waals surface area contributed by atoms with Gasteiger partial charge in [0, 0.05) is 5.56 Å². The number of aromatic nitrogens is 3. The number of ether oxygens (including phenoxy) is 3. The largest absolute Gasteiger partial charge is 0.494 e. The minimum absolute atomic E-state index is 0.401. The van der Waals surface area contributed by atoms with Gasteiger partial charge in [-0.05, 0) is 74.1 Å². The molecule has 146 valence electrons. The van der Waals surface area contributed by atoms with E-state index < -0.39 is 0 Å². The predicted molar refractivity (Wildman–Crippen MR) is 111 cm³/mol. The number of aromatic amines is 1. The first kappa shape index (κ1) is 19.6. The highest BCUT2D eigenvalue weighted by molar-refractivity contribution is 7.71. The van der Waals surface area contributed by atoms with Crippen molar-refractivity contribution in [1.82, 2.24) is 14.9 Å². The smallest absolute Gasteiger partial charge is 0.216 e. The third-order valence-electron chi connectivity index (χ3n) is 3.88. The van der Waals surface area contributed by atoms with Crippen molar-refractivity contribution in [3.63, 3.8) is 0 Å². The van der Waals surface area contributed by atoms with Crippen LogP contribution in [0.2, 0.25) is 0 Å². The number of hydrogen-bond acceptors (Lipinski definition) is 6. The molecule has 1 aromatic heterocycles. The lowest BCUT2D eigenvalue weighted by atomic mass is 10.2. The molecular formula is C20H22N4O3S. The Kier molecular flexibility index (Phi) is 6.44. The van der Waals surface area contributed by atoms with Crippen LogP contribution in [0.25, 0.3) is 11.4 Å². The van der Waals surface area contributed by atoms with Crippen molar-refractivity contribution in [2.45, 2.75) is 13.8 Å². The summed E-state index contributed by atoms with van der Waals surface area (Å²) in [5.74, 6) is 2.75. The van der Waals surface area contributed by atoms with E-state index in [9.17, 15) is 0 Å². The van der Waals surface area contributed by atoms with E-state index in [0.717, 1.165) is 16.9 Å². The summed E-state index contributed by atoms with van der Waals surface area (Å²) in [6.07, 6.45) is 1.70. The molecule has 2 aromatic carbocycles. The molecule has 0 fully saturated rings. The van der Waals surface area contributed by atoms with Crippen molar-refractivity contribution >= 4 is 18.4 Å². The van der Waals surface area contributed by atoms with Gasteiger partial charge < -0.3 is 14.2 Å². The molecule has 1 N–H and O–H groups in total. The van der Waals surface area contributed by atoms with Gasteiger partial charge in [-0.1, -0.05) is 0 Å². The van der Waals surface area contributed by atoms with E-state index >= 15 is 0 Å². The van der Waals surface area contributed by atoms with Crippen molar-refractivity contribution in [3.05, 3.63) is 52.8 Å². The molecule has 0 aliphatic carbocycles. The molecular weight excluding hydrogens is 376 g/mol. The van der Waals surface area contributed by atoms with Gasteiger partial charge in [-0.2, -0.15) is 14.9 Å². The Morgan fingerprint density at radius 1 is 1.07 bits per heavy atom. The van der Waals surface area contributed by atoms with E-state index in [1.807, 2.05) is 56.3 Å². The number of nitrogens with zero attached hydrogens (tertiary/aromatic N) is 3. The molecule has 1 heterocycles. The Bertz CT molecular complexity index is 1010. The van der Waals surface area contributed by atoms with Crippen molar-refractivity contribution in [3.8, 4) is 28.6 Å². The first-order valence-electron chi connectivity index (χ1n) is 8.92. The fraction of sp³-hybridized carbons (Fsp3) is 0.250. The minimum Gasteiger partial charge on any atom is -0.494 e. The van der Waals surface area contributed by atoms with Gasteiger partial charge >= 0.3 is 0 Å². The van der Waals surface area contributed by atoms with Gasteiger partial charge in [0.05, 0.1) is 26.5 Å². The first-order valence-corrected chi connectivity index (χ1v) is 9.33. The van der Waals surface area contributed by atoms with Crippen LogP contribution in [-0.4, -0.2) is 41.4 Å². The SMILES string of the molecule is CCOc1ccc(-c2n[nH]c(=S)n2/N=C/c2ccc(OCC)c(OC)c2)cc1. The average molecular weight is 398 g/mol. The standard InChI is InChI=1S/C20H22N4O3S/c1-4-26-16-9-7-15(8-10-16)19-22-23-20(28)24(19)21-13-14-6-11-17(27-5-2)18(12-14)25-3/h6-13H,4-5H2,1-3H3,(H,23,28)/b21-13+. The Morgan fingerprint density at radius 2 is 1.82 bits per heavy atom. The van der Waals surface area contributed by atoms with Crippen LogP contribution in [0, 0.1) is 4.77 Å². The van der Waals surface area contributed by atoms with Crippen LogP contribution in [0.3, 0.4) is 0 Å². The Hall–Kier alpha value is -3.13. The van der Waals surface area contributed by atoms with Crippen LogP contribution in [0.15, 0.2) is 47.6 Å². The molecule has 28 heavy (non-hydrogen) atoms. The highest BCUT2D eigenvalue weighted by Crippen LogP contribution is 2.27. The normalized spacial score (nSPS) is 11.0. The maximum atomic E-state index is 5.54. The molecule has 8 heteroatoms. The topological polar surface area (TPSA) is 73.7 Å². The zero-order valence-electron chi connectivity index (χ0n) is 16.0. The second-order valence-electron chi connectivity index (χ2n) is 5.71. The Balaban J connectivity index is 1.89. The van der Waals surface area contributed by atoms with E-state index in [1.54, 1.807) is 18.0 Å². The molecule has 0 amide bonds. The summed E-state index contributed by atoms with van der Waals surface area (Å²) in [6.45, 7) is 5.06. The second kappa shape index (κ2) is 9.18. The van der Waals surface area contributed by atoms with Gasteiger partial charge in [0.2, 0.25) is 4.77 Å². The molecule has 0 bridgehead atoms. The zero-order valence-corrected chi connectivity index (χ0v) is 16.8. The van der Waals surface area contributed by atoms with Crippen LogP contribution in [0.4, 0.5) is 0 Å². The molecule has 0 saturated heterocycles. The molecule has 3 rings (SSSR count). The lowest BCUT2D eigenvalue weighted by Crippen LogP contribution is -1.98. The number of nitrogens with one attached hydrogen (secondary N) is 1. The fourth-order valence-corrected chi connectivity index (χ4v) is 2.80. The lowest BCUT2D eigenvalue weighted by Gasteiger charge is -2.09. The van der Waals surface area contributed by atoms with Gasteiger partial charge in [0.15, 0.2) is 17.3 Å². The van der Waals surface area contributed by atoms with Crippen molar-refractivity contribution < 1.29 is 14.2 Å². The summed E-state index contributed by atoms with van der Waals surface area (Å²) in [4.78, 5) is 0. The van der Waals surface area contributed by atoms with E-state index in [4.69, 9.17) is 26.4 Å². The summed E-state index contributed by atoms with van der Waals surface area (Å²) in [6, 6.07) is 13.2. The molecule has 0 radical (unpaired) electrons. The number of H-pyrrole nitrogens is 1. The quantitative estimate of drug-likeness (QED) is 0.452. The Morgan fingerprint density at radius 3 is 2.50 bits per heavy atom. The second-order valence-corrected chi connectivity index (χ2v) is 6.10. The molecule has 0 saturated carbocycles. The summed E-state index contributed by atoms with van der Waals surface area (Å²) in [5, 5.41) is 11.6. The highest BCUT2D eigenvalue weighted by atomic mass is 32.1. The first-order chi connectivity index (χ1) is 13.7. The fourth-order valence-electron chi connectivity index (χ4n) is 2.62. The molecule has 0 atom stereocenters. The monoisotopic (exact) mass is 398 g/mol. The summed E-state index contributed by atoms with van der Waals surface area (Å²) in [7, 11) is 1.61. The van der Waals surface area contributed by atoms with Crippen molar-refractivity contribution in [2.75, 3.05) is 20.3 Å². The Labute approximate surface area is 168 Å². The average Bonchev–Trinajstić information content (AvgIpc) is 3.08. The summed E-state index contributed by atoms with van der Waals surface area (Å²) >= 11 is 5.32. The molecule has 0 unspecified atom stereocenters. The number of benzene rings is 2. The molecule has 7 nitrogen and oxygen atoms in total. The number of rotatable bonds is 8. The molecule has 3 aromatic rings. The van der Waals surface area contributed by atoms with Gasteiger partial charge in [-0.3, -0.25) is 0 Å². The van der Waals surface area contributed by atoms with Gasteiger partial charge in [-0.15, -0.1) is 0 Å². The maximum absolute atomic E-state index is 5.54. The van der Waals surface area contributed by atoms with Gasteiger partial charge in [-0.25, -0.2) is 5.10 Å². The van der Waals surface area contributed by atoms with Crippen molar-refractivity contribution in [2.24, 2.45) is 5.10 Å².